The third-order valence-corrected chi connectivity index (χ3v) is 7.19. The molecule has 31 heavy (non-hydrogen) atoms. The van der Waals surface area contributed by atoms with Gasteiger partial charge in [-0.1, -0.05) is 43.8 Å². The highest BCUT2D eigenvalue weighted by molar-refractivity contribution is 7.99. The van der Waals surface area contributed by atoms with Crippen LogP contribution in [0.4, 0.5) is 5.69 Å². The summed E-state index contributed by atoms with van der Waals surface area (Å²) in [5.74, 6) is 0.553. The molecule has 1 amide bonds. The van der Waals surface area contributed by atoms with Crippen LogP contribution >= 0.6 is 11.8 Å². The number of hydrogen-bond donors (Lipinski definition) is 1. The van der Waals surface area contributed by atoms with Crippen LogP contribution in [0.1, 0.15) is 30.9 Å². The highest BCUT2D eigenvalue weighted by Gasteiger charge is 2.26. The molecule has 1 aliphatic heterocycles. The van der Waals surface area contributed by atoms with Crippen LogP contribution in [0.15, 0.2) is 64.9 Å². The van der Waals surface area contributed by atoms with Crippen molar-refractivity contribution in [1.82, 2.24) is 9.55 Å². The Morgan fingerprint density at radius 3 is 2.71 bits per heavy atom. The molecule has 9 heteroatoms. The molecule has 2 aromatic carbocycles. The number of sulfonamides is 1. The van der Waals surface area contributed by atoms with Crippen molar-refractivity contribution in [2.24, 2.45) is 5.14 Å². The van der Waals surface area contributed by atoms with E-state index >= 15 is 0 Å². The van der Waals surface area contributed by atoms with Gasteiger partial charge in [-0.15, -0.1) is 0 Å². The molecule has 0 saturated carbocycles. The molecular weight excluding hydrogens is 432 g/mol. The summed E-state index contributed by atoms with van der Waals surface area (Å²) < 4.78 is 25.2. The molecule has 0 aliphatic carbocycles. The second-order valence-corrected chi connectivity index (χ2v) is 10.2. The Kier molecular flexibility index (Phi) is 5.92. The van der Waals surface area contributed by atoms with E-state index in [0.29, 0.717) is 18.9 Å². The van der Waals surface area contributed by atoms with Crippen LogP contribution in [0, 0.1) is 0 Å². The van der Waals surface area contributed by atoms with Crippen LogP contribution in [-0.2, 0) is 21.2 Å². The third kappa shape index (κ3) is 4.39. The zero-order valence-electron chi connectivity index (χ0n) is 17.4. The van der Waals surface area contributed by atoms with E-state index in [1.54, 1.807) is 23.2 Å². The standard InChI is InChI=1S/C22H24N4O3S2/c1-15(2)18-5-3-4-6-20(18)26-12-10-24-22(26)30-14-21(27)25-11-9-16-13-17(31(23,28)29)7-8-19(16)25/h3-8,10,12-13,15H,9,11,14H2,1-2H3,(H2,23,28,29). The van der Waals surface area contributed by atoms with Gasteiger partial charge in [-0.05, 0) is 47.7 Å². The van der Waals surface area contributed by atoms with Gasteiger partial charge >= 0.3 is 0 Å². The number of benzene rings is 2. The Labute approximate surface area is 186 Å². The highest BCUT2D eigenvalue weighted by atomic mass is 32.2. The number of hydrogen-bond acceptors (Lipinski definition) is 5. The summed E-state index contributed by atoms with van der Waals surface area (Å²) >= 11 is 1.39. The van der Waals surface area contributed by atoms with Crippen LogP contribution < -0.4 is 10.0 Å². The number of carbonyl (C=O) groups excluding carboxylic acids is 1. The Morgan fingerprint density at radius 2 is 1.97 bits per heavy atom. The number of nitrogens with zero attached hydrogens (tertiary/aromatic N) is 3. The fourth-order valence-electron chi connectivity index (χ4n) is 3.79. The molecule has 1 aliphatic rings. The minimum absolute atomic E-state index is 0.0428. The number of rotatable bonds is 6. The lowest BCUT2D eigenvalue weighted by molar-refractivity contribution is -0.116. The van der Waals surface area contributed by atoms with Crippen molar-refractivity contribution < 1.29 is 13.2 Å². The second-order valence-electron chi connectivity index (χ2n) is 7.71. The van der Waals surface area contributed by atoms with Crippen LogP contribution in [0.25, 0.3) is 5.69 Å². The summed E-state index contributed by atoms with van der Waals surface area (Å²) in [7, 11) is -3.76. The lowest BCUT2D eigenvalue weighted by Gasteiger charge is -2.18. The number of amides is 1. The molecular formula is C22H24N4O3S2. The van der Waals surface area contributed by atoms with Crippen molar-refractivity contribution >= 4 is 33.4 Å². The summed E-state index contributed by atoms with van der Waals surface area (Å²) in [5, 5.41) is 5.97. The molecule has 4 rings (SSSR count). The lowest BCUT2D eigenvalue weighted by Crippen LogP contribution is -2.30. The maximum absolute atomic E-state index is 12.9. The van der Waals surface area contributed by atoms with Gasteiger partial charge in [0.25, 0.3) is 0 Å². The van der Waals surface area contributed by atoms with Gasteiger partial charge in [0.15, 0.2) is 5.16 Å². The van der Waals surface area contributed by atoms with Crippen molar-refractivity contribution in [2.75, 3.05) is 17.2 Å². The van der Waals surface area contributed by atoms with E-state index in [1.807, 2.05) is 22.9 Å². The van der Waals surface area contributed by atoms with E-state index < -0.39 is 10.0 Å². The van der Waals surface area contributed by atoms with Gasteiger partial charge in [-0.3, -0.25) is 9.36 Å². The van der Waals surface area contributed by atoms with Crippen molar-refractivity contribution in [3.05, 3.63) is 66.0 Å². The summed E-state index contributed by atoms with van der Waals surface area (Å²) in [5.41, 5.74) is 3.84. The number of nitrogens with two attached hydrogens (primary N) is 1. The van der Waals surface area contributed by atoms with Crippen LogP contribution in [0.3, 0.4) is 0 Å². The number of thioether (sulfide) groups is 1. The molecule has 0 atom stereocenters. The summed E-state index contributed by atoms with van der Waals surface area (Å²) in [6.07, 6.45) is 4.25. The van der Waals surface area contributed by atoms with Gasteiger partial charge < -0.3 is 4.90 Å². The molecule has 162 valence electrons. The molecule has 0 fully saturated rings. The van der Waals surface area contributed by atoms with Gasteiger partial charge in [0.2, 0.25) is 15.9 Å². The third-order valence-electron chi connectivity index (χ3n) is 5.33. The summed E-state index contributed by atoms with van der Waals surface area (Å²) in [6.45, 7) is 4.82. The van der Waals surface area contributed by atoms with E-state index in [2.05, 4.69) is 31.0 Å². The Hall–Kier alpha value is -2.62. The first-order valence-corrected chi connectivity index (χ1v) is 12.5. The maximum atomic E-state index is 12.9. The summed E-state index contributed by atoms with van der Waals surface area (Å²) in [4.78, 5) is 19.2. The molecule has 2 heterocycles. The number of fused-ring (bicyclic) bond motifs is 1. The first kappa shape index (κ1) is 21.6. The van der Waals surface area contributed by atoms with E-state index in [0.717, 1.165) is 22.1 Å². The molecule has 0 unspecified atom stereocenters. The number of para-hydroxylation sites is 1. The van der Waals surface area contributed by atoms with Crippen molar-refractivity contribution in [2.45, 2.75) is 36.2 Å². The van der Waals surface area contributed by atoms with E-state index in [1.165, 1.54) is 23.4 Å². The Morgan fingerprint density at radius 1 is 1.19 bits per heavy atom. The van der Waals surface area contributed by atoms with Crippen molar-refractivity contribution in [3.8, 4) is 5.69 Å². The van der Waals surface area contributed by atoms with Gasteiger partial charge in [0, 0.05) is 24.6 Å². The number of imidazole rings is 1. The fourth-order valence-corrected chi connectivity index (χ4v) is 5.20. The van der Waals surface area contributed by atoms with Gasteiger partial charge in [-0.25, -0.2) is 18.5 Å². The minimum Gasteiger partial charge on any atom is -0.311 e. The van der Waals surface area contributed by atoms with E-state index in [9.17, 15) is 13.2 Å². The molecule has 2 N–H and O–H groups in total. The quantitative estimate of drug-likeness (QED) is 0.574. The average Bonchev–Trinajstić information content (AvgIpc) is 3.37. The van der Waals surface area contributed by atoms with Gasteiger partial charge in [0.1, 0.15) is 0 Å². The number of aromatic nitrogens is 2. The second kappa shape index (κ2) is 8.49. The molecule has 3 aromatic rings. The SMILES string of the molecule is CC(C)c1ccccc1-n1ccnc1SCC(=O)N1CCc2cc(S(N)(=O)=O)ccc21. The van der Waals surface area contributed by atoms with E-state index in [4.69, 9.17) is 5.14 Å². The predicted octanol–water partition coefficient (Wildman–Crippen LogP) is 3.32. The van der Waals surface area contributed by atoms with E-state index in [-0.39, 0.29) is 16.6 Å². The Balaban J connectivity index is 1.51. The van der Waals surface area contributed by atoms with Crippen LogP contribution in [-0.4, -0.2) is 36.2 Å². The molecule has 0 saturated heterocycles. The smallest absolute Gasteiger partial charge is 0.238 e. The number of anilines is 1. The van der Waals surface area contributed by atoms with Gasteiger partial charge in [-0.2, -0.15) is 0 Å². The highest BCUT2D eigenvalue weighted by Crippen LogP contribution is 2.32. The first-order valence-electron chi connectivity index (χ1n) is 9.97. The number of primary sulfonamides is 1. The average molecular weight is 457 g/mol. The largest absolute Gasteiger partial charge is 0.311 e. The zero-order chi connectivity index (χ0) is 22.2. The van der Waals surface area contributed by atoms with Crippen molar-refractivity contribution in [3.63, 3.8) is 0 Å². The lowest BCUT2D eigenvalue weighted by atomic mass is 10.0. The van der Waals surface area contributed by atoms with Gasteiger partial charge in [0.05, 0.1) is 16.3 Å². The maximum Gasteiger partial charge on any atom is 0.238 e. The topological polar surface area (TPSA) is 98.3 Å². The monoisotopic (exact) mass is 456 g/mol. The molecule has 0 spiro atoms. The van der Waals surface area contributed by atoms with Crippen molar-refractivity contribution in [1.29, 1.82) is 0 Å². The van der Waals surface area contributed by atoms with Crippen LogP contribution in [0.2, 0.25) is 0 Å². The molecule has 1 aromatic heterocycles. The minimum atomic E-state index is -3.76. The van der Waals surface area contributed by atoms with Crippen LogP contribution in [0.5, 0.6) is 0 Å². The summed E-state index contributed by atoms with van der Waals surface area (Å²) in [6, 6.07) is 12.9. The molecule has 7 nitrogen and oxygen atoms in total. The molecule has 0 radical (unpaired) electrons. The molecule has 0 bridgehead atoms. The predicted molar refractivity (Wildman–Crippen MR) is 122 cm³/mol. The fraction of sp³-hybridized carbons (Fsp3) is 0.273. The number of carbonyl (C=O) groups is 1. The first-order chi connectivity index (χ1) is 14.8. The Bertz CT molecular complexity index is 1240. The normalized spacial score (nSPS) is 13.6. The zero-order valence-corrected chi connectivity index (χ0v) is 19.0.